The van der Waals surface area contributed by atoms with Crippen LogP contribution in [-0.2, 0) is 14.3 Å². The lowest BCUT2D eigenvalue weighted by Gasteiger charge is -2.25. The van der Waals surface area contributed by atoms with Gasteiger partial charge in [-0.05, 0) is 42.1 Å². The van der Waals surface area contributed by atoms with E-state index >= 15 is 0 Å². The number of aliphatic hydroxyl groups is 1. The first kappa shape index (κ1) is 24.8. The van der Waals surface area contributed by atoms with Gasteiger partial charge in [-0.25, -0.2) is 9.59 Å². The summed E-state index contributed by atoms with van der Waals surface area (Å²) in [6, 6.07) is 19.9. The van der Waals surface area contributed by atoms with E-state index in [1.807, 2.05) is 36.4 Å². The van der Waals surface area contributed by atoms with Crippen molar-refractivity contribution in [3.63, 3.8) is 0 Å². The van der Waals surface area contributed by atoms with E-state index in [1.54, 1.807) is 37.3 Å². The highest BCUT2D eigenvalue weighted by molar-refractivity contribution is 6.00. The Morgan fingerprint density at radius 3 is 2.47 bits per heavy atom. The number of anilines is 1. The molecule has 3 N–H and O–H groups in total. The summed E-state index contributed by atoms with van der Waals surface area (Å²) in [4.78, 5) is 24.0. The molecule has 0 heterocycles. The third kappa shape index (κ3) is 6.81. The minimum Gasteiger partial charge on any atom is -0.491 e. The quantitative estimate of drug-likeness (QED) is 0.356. The highest BCUT2D eigenvalue weighted by Crippen LogP contribution is 2.29. The van der Waals surface area contributed by atoms with E-state index in [0.717, 1.165) is 16.8 Å². The average Bonchev–Trinajstić information content (AvgIpc) is 2.84. The van der Waals surface area contributed by atoms with Gasteiger partial charge >= 0.3 is 12.1 Å². The lowest BCUT2D eigenvalue weighted by molar-refractivity contribution is -0.131. The Labute approximate surface area is 197 Å². The van der Waals surface area contributed by atoms with Gasteiger partial charge in [0.2, 0.25) is 0 Å². The molecule has 2 atom stereocenters. The molecule has 3 aromatic carbocycles. The normalized spacial score (nSPS) is 12.9. The number of carboxylic acid groups (broad SMARTS) is 1. The number of benzene rings is 3. The Hall–Kier alpha value is -3.88. The lowest BCUT2D eigenvalue weighted by atomic mass is 10.0. The first-order valence-corrected chi connectivity index (χ1v) is 10.8. The SMILES string of the molecule is CCO[C@H](/C=C/C(=O)O)[C@H](OC(=O)Nc1cccc2ccccc12)c1ccc(OCCO)cc1. The van der Waals surface area contributed by atoms with Crippen LogP contribution in [-0.4, -0.2) is 48.2 Å². The predicted octanol–water partition coefficient (Wildman–Crippen LogP) is 4.55. The highest BCUT2D eigenvalue weighted by Gasteiger charge is 2.27. The molecule has 0 saturated carbocycles. The molecule has 0 bridgehead atoms. The molecule has 34 heavy (non-hydrogen) atoms. The zero-order valence-electron chi connectivity index (χ0n) is 18.7. The van der Waals surface area contributed by atoms with Gasteiger partial charge in [-0.1, -0.05) is 48.5 Å². The van der Waals surface area contributed by atoms with Crippen molar-refractivity contribution in [1.29, 1.82) is 0 Å². The third-order valence-electron chi connectivity index (χ3n) is 4.92. The number of hydrogen-bond acceptors (Lipinski definition) is 6. The summed E-state index contributed by atoms with van der Waals surface area (Å²) < 4.78 is 16.8. The number of rotatable bonds is 11. The summed E-state index contributed by atoms with van der Waals surface area (Å²) in [5.74, 6) is -0.609. The zero-order valence-corrected chi connectivity index (χ0v) is 18.7. The Morgan fingerprint density at radius 2 is 1.76 bits per heavy atom. The van der Waals surface area contributed by atoms with Crippen LogP contribution in [0.3, 0.4) is 0 Å². The summed E-state index contributed by atoms with van der Waals surface area (Å²) in [6.07, 6.45) is -0.188. The van der Waals surface area contributed by atoms with Crippen molar-refractivity contribution in [3.05, 3.63) is 84.4 Å². The molecule has 178 valence electrons. The average molecular weight is 466 g/mol. The number of hydrogen-bond donors (Lipinski definition) is 3. The van der Waals surface area contributed by atoms with Gasteiger partial charge in [0, 0.05) is 18.1 Å². The number of carbonyl (C=O) groups excluding carboxylic acids is 1. The van der Waals surface area contributed by atoms with Crippen LogP contribution in [0.4, 0.5) is 10.5 Å². The molecular weight excluding hydrogens is 438 g/mol. The zero-order chi connectivity index (χ0) is 24.3. The summed E-state index contributed by atoms with van der Waals surface area (Å²) in [6.45, 7) is 2.07. The molecular formula is C26H27NO7. The number of nitrogens with one attached hydrogen (secondary N) is 1. The number of amides is 1. The van der Waals surface area contributed by atoms with Gasteiger partial charge in [-0.3, -0.25) is 5.32 Å². The minimum atomic E-state index is -1.14. The molecule has 0 aliphatic rings. The number of carboxylic acids is 1. The van der Waals surface area contributed by atoms with Crippen LogP contribution in [0.15, 0.2) is 78.9 Å². The van der Waals surface area contributed by atoms with Gasteiger partial charge in [0.15, 0.2) is 6.10 Å². The number of fused-ring (bicyclic) bond motifs is 1. The van der Waals surface area contributed by atoms with Gasteiger partial charge in [0.05, 0.1) is 12.3 Å². The van der Waals surface area contributed by atoms with E-state index in [4.69, 9.17) is 24.4 Å². The molecule has 0 unspecified atom stereocenters. The molecule has 0 aromatic heterocycles. The molecule has 0 radical (unpaired) electrons. The van der Waals surface area contributed by atoms with E-state index in [0.29, 0.717) is 17.0 Å². The Bertz CT molecular complexity index is 1120. The number of carbonyl (C=O) groups is 2. The van der Waals surface area contributed by atoms with E-state index in [9.17, 15) is 9.59 Å². The maximum Gasteiger partial charge on any atom is 0.412 e. The number of aliphatic carboxylic acids is 1. The fourth-order valence-electron chi connectivity index (χ4n) is 3.44. The topological polar surface area (TPSA) is 114 Å². The summed E-state index contributed by atoms with van der Waals surface area (Å²) in [5.41, 5.74) is 1.17. The van der Waals surface area contributed by atoms with Crippen LogP contribution in [0.5, 0.6) is 5.75 Å². The molecule has 3 rings (SSSR count). The van der Waals surface area contributed by atoms with Crippen molar-refractivity contribution in [3.8, 4) is 5.75 Å². The van der Waals surface area contributed by atoms with Crippen molar-refractivity contribution < 1.29 is 34.0 Å². The van der Waals surface area contributed by atoms with Crippen molar-refractivity contribution in [2.75, 3.05) is 25.1 Å². The number of aliphatic hydroxyl groups excluding tert-OH is 1. The van der Waals surface area contributed by atoms with E-state index in [1.165, 1.54) is 6.08 Å². The largest absolute Gasteiger partial charge is 0.491 e. The summed E-state index contributed by atoms with van der Waals surface area (Å²) in [5, 5.41) is 22.6. The fraction of sp³-hybridized carbons (Fsp3) is 0.231. The van der Waals surface area contributed by atoms with Gasteiger partial charge in [-0.2, -0.15) is 0 Å². The molecule has 0 aliphatic heterocycles. The van der Waals surface area contributed by atoms with Crippen LogP contribution < -0.4 is 10.1 Å². The Kier molecular flexibility index (Phi) is 9.02. The second-order valence-electron chi connectivity index (χ2n) is 7.24. The van der Waals surface area contributed by atoms with E-state index in [-0.39, 0.29) is 19.8 Å². The molecule has 3 aromatic rings. The summed E-state index contributed by atoms with van der Waals surface area (Å²) in [7, 11) is 0. The molecule has 0 spiro atoms. The molecule has 0 aliphatic carbocycles. The second-order valence-corrected chi connectivity index (χ2v) is 7.24. The van der Waals surface area contributed by atoms with Crippen LogP contribution in [0, 0.1) is 0 Å². The maximum atomic E-state index is 12.9. The summed E-state index contributed by atoms with van der Waals surface area (Å²) >= 11 is 0. The third-order valence-corrected chi connectivity index (χ3v) is 4.92. The smallest absolute Gasteiger partial charge is 0.412 e. The van der Waals surface area contributed by atoms with Crippen molar-refractivity contribution in [1.82, 2.24) is 0 Å². The highest BCUT2D eigenvalue weighted by atomic mass is 16.6. The van der Waals surface area contributed by atoms with Gasteiger partial charge < -0.3 is 24.4 Å². The standard InChI is InChI=1S/C26H27NO7/c1-2-32-23(14-15-24(29)30)25(19-10-12-20(13-11-19)33-17-16-28)34-26(31)27-22-9-5-7-18-6-3-4-8-21(18)22/h3-15,23,25,28H,2,16-17H2,1H3,(H,27,31)(H,29,30)/b15-14+/t23-,25-/m1/s1. The minimum absolute atomic E-state index is 0.117. The molecule has 8 heteroatoms. The Morgan fingerprint density at radius 1 is 1.03 bits per heavy atom. The Balaban J connectivity index is 1.87. The first-order valence-electron chi connectivity index (χ1n) is 10.8. The maximum absolute atomic E-state index is 12.9. The van der Waals surface area contributed by atoms with Gasteiger partial charge in [0.1, 0.15) is 18.5 Å². The van der Waals surface area contributed by atoms with E-state index in [2.05, 4.69) is 5.32 Å². The molecule has 0 saturated heterocycles. The van der Waals surface area contributed by atoms with Crippen molar-refractivity contribution in [2.45, 2.75) is 19.1 Å². The van der Waals surface area contributed by atoms with Crippen LogP contribution in [0.1, 0.15) is 18.6 Å². The van der Waals surface area contributed by atoms with Crippen molar-refractivity contribution in [2.24, 2.45) is 0 Å². The monoisotopic (exact) mass is 465 g/mol. The fourth-order valence-corrected chi connectivity index (χ4v) is 3.44. The van der Waals surface area contributed by atoms with Crippen LogP contribution in [0.25, 0.3) is 10.8 Å². The molecule has 1 amide bonds. The van der Waals surface area contributed by atoms with Crippen LogP contribution >= 0.6 is 0 Å². The second kappa shape index (κ2) is 12.4. The predicted molar refractivity (Wildman–Crippen MR) is 128 cm³/mol. The molecule has 8 nitrogen and oxygen atoms in total. The lowest BCUT2D eigenvalue weighted by Crippen LogP contribution is -2.28. The van der Waals surface area contributed by atoms with E-state index < -0.39 is 24.3 Å². The first-order chi connectivity index (χ1) is 16.5. The van der Waals surface area contributed by atoms with Gasteiger partial charge in [0.25, 0.3) is 0 Å². The van der Waals surface area contributed by atoms with Crippen molar-refractivity contribution >= 4 is 28.5 Å². The van der Waals surface area contributed by atoms with Gasteiger partial charge in [-0.15, -0.1) is 0 Å². The number of ether oxygens (including phenoxy) is 3. The van der Waals surface area contributed by atoms with Crippen LogP contribution in [0.2, 0.25) is 0 Å². The molecule has 0 fully saturated rings.